The molecule has 2 aromatic rings. The summed E-state index contributed by atoms with van der Waals surface area (Å²) in [5.74, 6) is 0.746. The van der Waals surface area contributed by atoms with E-state index in [1.807, 2.05) is 19.1 Å². The third-order valence-electron chi connectivity index (χ3n) is 5.08. The maximum atomic E-state index is 10.6. The van der Waals surface area contributed by atoms with Gasteiger partial charge in [-0.2, -0.15) is 0 Å². The van der Waals surface area contributed by atoms with Crippen LogP contribution in [0.25, 0.3) is 10.1 Å². The molecule has 162 valence electrons. The molecule has 0 radical (unpaired) electrons. The summed E-state index contributed by atoms with van der Waals surface area (Å²) in [6.07, 6.45) is -0.557. The topological polar surface area (TPSA) is 69.1 Å². The number of guanidine groups is 1. The molecule has 8 heteroatoms. The standard InChI is InChI=1S/C21H32N4O2S.HI/c1-4-22-21(23-12-15(2)25-9-10-27-14-16(25)3)24-13-18(26)20-11-17-7-5-6-8-19(17)28-20;/h5-8,11,15-16,18,26H,4,9-10,12-14H2,1-3H3,(H2,22,23,24);1H. The van der Waals surface area contributed by atoms with Gasteiger partial charge < -0.3 is 20.5 Å². The van der Waals surface area contributed by atoms with Gasteiger partial charge in [-0.25, -0.2) is 0 Å². The van der Waals surface area contributed by atoms with Crippen molar-refractivity contribution in [1.29, 1.82) is 0 Å². The highest BCUT2D eigenvalue weighted by Crippen LogP contribution is 2.29. The molecule has 0 amide bonds. The van der Waals surface area contributed by atoms with Crippen LogP contribution >= 0.6 is 35.3 Å². The number of aliphatic imine (C=N–C) groups is 1. The predicted octanol–water partition coefficient (Wildman–Crippen LogP) is 3.22. The Morgan fingerprint density at radius 1 is 1.38 bits per heavy atom. The van der Waals surface area contributed by atoms with Gasteiger partial charge in [-0.05, 0) is 38.3 Å². The maximum absolute atomic E-state index is 10.6. The number of aliphatic hydroxyl groups is 1. The van der Waals surface area contributed by atoms with Crippen molar-refractivity contribution in [3.05, 3.63) is 35.2 Å². The molecule has 0 saturated carbocycles. The summed E-state index contributed by atoms with van der Waals surface area (Å²) in [5.41, 5.74) is 0. The van der Waals surface area contributed by atoms with Gasteiger partial charge in [-0.15, -0.1) is 35.3 Å². The van der Waals surface area contributed by atoms with E-state index in [4.69, 9.17) is 9.73 Å². The Hall–Kier alpha value is -0.940. The van der Waals surface area contributed by atoms with E-state index in [2.05, 4.69) is 47.6 Å². The van der Waals surface area contributed by atoms with Crippen LogP contribution in [-0.4, -0.2) is 67.4 Å². The van der Waals surface area contributed by atoms with E-state index in [1.54, 1.807) is 11.3 Å². The van der Waals surface area contributed by atoms with Crippen molar-refractivity contribution in [2.24, 2.45) is 4.99 Å². The number of hydrogen-bond donors (Lipinski definition) is 3. The number of halogens is 1. The summed E-state index contributed by atoms with van der Waals surface area (Å²) in [7, 11) is 0. The minimum Gasteiger partial charge on any atom is -0.386 e. The van der Waals surface area contributed by atoms with Crippen molar-refractivity contribution in [1.82, 2.24) is 15.5 Å². The Morgan fingerprint density at radius 2 is 2.17 bits per heavy atom. The molecule has 0 aliphatic carbocycles. The molecule has 3 N–H and O–H groups in total. The van der Waals surface area contributed by atoms with Gasteiger partial charge in [0.2, 0.25) is 0 Å². The number of thiophene rings is 1. The van der Waals surface area contributed by atoms with Crippen molar-refractivity contribution >= 4 is 51.4 Å². The minimum absolute atomic E-state index is 0. The minimum atomic E-state index is -0.557. The zero-order valence-electron chi connectivity index (χ0n) is 17.4. The summed E-state index contributed by atoms with van der Waals surface area (Å²) in [4.78, 5) is 8.15. The first-order chi connectivity index (χ1) is 13.6. The Bertz CT molecular complexity index is 752. The van der Waals surface area contributed by atoms with E-state index in [-0.39, 0.29) is 24.0 Å². The number of fused-ring (bicyclic) bond motifs is 1. The van der Waals surface area contributed by atoms with Crippen molar-refractivity contribution in [3.8, 4) is 0 Å². The number of hydrogen-bond acceptors (Lipinski definition) is 5. The molecule has 3 atom stereocenters. The first-order valence-corrected chi connectivity index (χ1v) is 10.9. The van der Waals surface area contributed by atoms with Gasteiger partial charge >= 0.3 is 0 Å². The largest absolute Gasteiger partial charge is 0.386 e. The van der Waals surface area contributed by atoms with E-state index in [0.29, 0.717) is 25.2 Å². The lowest BCUT2D eigenvalue weighted by molar-refractivity contribution is -0.0165. The molecule has 3 unspecified atom stereocenters. The van der Waals surface area contributed by atoms with Crippen molar-refractivity contribution in [2.45, 2.75) is 39.0 Å². The van der Waals surface area contributed by atoms with Crippen LogP contribution in [0, 0.1) is 0 Å². The molecule has 3 rings (SSSR count). The molecular weight excluding hydrogens is 499 g/mol. The molecule has 1 aliphatic rings. The van der Waals surface area contributed by atoms with Crippen LogP contribution in [-0.2, 0) is 4.74 Å². The average Bonchev–Trinajstić information content (AvgIpc) is 3.14. The van der Waals surface area contributed by atoms with Crippen LogP contribution in [0.3, 0.4) is 0 Å². The van der Waals surface area contributed by atoms with Gasteiger partial charge in [-0.3, -0.25) is 9.89 Å². The number of benzene rings is 1. The highest BCUT2D eigenvalue weighted by molar-refractivity contribution is 14.0. The third-order valence-corrected chi connectivity index (χ3v) is 6.30. The van der Waals surface area contributed by atoms with E-state index in [9.17, 15) is 5.11 Å². The highest BCUT2D eigenvalue weighted by atomic mass is 127. The van der Waals surface area contributed by atoms with Gasteiger partial charge in [0.05, 0.1) is 19.8 Å². The lowest BCUT2D eigenvalue weighted by Crippen LogP contribution is -2.49. The maximum Gasteiger partial charge on any atom is 0.191 e. The average molecular weight is 532 g/mol. The predicted molar refractivity (Wildman–Crippen MR) is 133 cm³/mol. The first kappa shape index (κ1) is 24.3. The fraction of sp³-hybridized carbons (Fsp3) is 0.571. The molecule has 1 aromatic carbocycles. The SMILES string of the molecule is CCNC(=NCC(C)N1CCOCC1C)NCC(O)c1cc2ccccc2s1.I. The second-order valence-electron chi connectivity index (χ2n) is 7.31. The normalized spacial score (nSPS) is 20.1. The first-order valence-electron chi connectivity index (χ1n) is 10.1. The van der Waals surface area contributed by atoms with E-state index < -0.39 is 6.10 Å². The molecule has 1 saturated heterocycles. The number of morpholine rings is 1. The lowest BCUT2D eigenvalue weighted by atomic mass is 10.2. The van der Waals surface area contributed by atoms with Crippen molar-refractivity contribution < 1.29 is 9.84 Å². The van der Waals surface area contributed by atoms with Crippen LogP contribution in [0.4, 0.5) is 0 Å². The fourth-order valence-corrected chi connectivity index (χ4v) is 4.58. The van der Waals surface area contributed by atoms with Gasteiger partial charge in [-0.1, -0.05) is 18.2 Å². The molecule has 1 fully saturated rings. The van der Waals surface area contributed by atoms with Gasteiger partial charge in [0.1, 0.15) is 6.10 Å². The molecule has 29 heavy (non-hydrogen) atoms. The Morgan fingerprint density at radius 3 is 2.90 bits per heavy atom. The van der Waals surface area contributed by atoms with E-state index in [0.717, 1.165) is 37.1 Å². The highest BCUT2D eigenvalue weighted by Gasteiger charge is 2.23. The quantitative estimate of drug-likeness (QED) is 0.290. The van der Waals surface area contributed by atoms with E-state index in [1.165, 1.54) is 10.1 Å². The summed E-state index contributed by atoms with van der Waals surface area (Å²) in [5, 5.41) is 18.3. The molecule has 0 spiro atoms. The van der Waals surface area contributed by atoms with Gasteiger partial charge in [0, 0.05) is 41.3 Å². The summed E-state index contributed by atoms with van der Waals surface area (Å²) in [6.45, 7) is 10.9. The van der Waals surface area contributed by atoms with Crippen LogP contribution in [0.2, 0.25) is 0 Å². The Kier molecular flexibility index (Phi) is 10.1. The Labute approximate surface area is 194 Å². The molecule has 0 bridgehead atoms. The number of aliphatic hydroxyl groups excluding tert-OH is 1. The summed E-state index contributed by atoms with van der Waals surface area (Å²) in [6, 6.07) is 11.1. The summed E-state index contributed by atoms with van der Waals surface area (Å²) >= 11 is 1.64. The molecule has 2 heterocycles. The summed E-state index contributed by atoms with van der Waals surface area (Å²) < 4.78 is 6.73. The van der Waals surface area contributed by atoms with Crippen LogP contribution < -0.4 is 10.6 Å². The zero-order chi connectivity index (χ0) is 19.9. The third kappa shape index (κ3) is 6.78. The van der Waals surface area contributed by atoms with Crippen LogP contribution in [0.15, 0.2) is 35.3 Å². The number of nitrogens with one attached hydrogen (secondary N) is 2. The Balaban J connectivity index is 0.00000300. The van der Waals surface area contributed by atoms with Gasteiger partial charge in [0.25, 0.3) is 0 Å². The number of rotatable bonds is 7. The molecular formula is C21H33IN4O2S. The van der Waals surface area contributed by atoms with Crippen LogP contribution in [0.1, 0.15) is 31.8 Å². The lowest BCUT2D eigenvalue weighted by Gasteiger charge is -2.37. The monoisotopic (exact) mass is 532 g/mol. The number of ether oxygens (including phenoxy) is 1. The van der Waals surface area contributed by atoms with E-state index >= 15 is 0 Å². The second kappa shape index (κ2) is 12.0. The van der Waals surface area contributed by atoms with Crippen molar-refractivity contribution in [2.75, 3.05) is 39.4 Å². The number of nitrogens with zero attached hydrogens (tertiary/aromatic N) is 2. The van der Waals surface area contributed by atoms with Gasteiger partial charge in [0.15, 0.2) is 5.96 Å². The van der Waals surface area contributed by atoms with Crippen LogP contribution in [0.5, 0.6) is 0 Å². The molecule has 1 aliphatic heterocycles. The smallest absolute Gasteiger partial charge is 0.191 e. The second-order valence-corrected chi connectivity index (χ2v) is 8.43. The molecule has 1 aromatic heterocycles. The molecule has 6 nitrogen and oxygen atoms in total. The van der Waals surface area contributed by atoms with Crippen molar-refractivity contribution in [3.63, 3.8) is 0 Å². The fourth-order valence-electron chi connectivity index (χ4n) is 3.53. The zero-order valence-corrected chi connectivity index (χ0v) is 20.6.